The molecule has 1 amide bonds. The summed E-state index contributed by atoms with van der Waals surface area (Å²) < 4.78 is 62.0. The van der Waals surface area contributed by atoms with E-state index in [4.69, 9.17) is 18.9 Å². The summed E-state index contributed by atoms with van der Waals surface area (Å²) in [6.07, 6.45) is -4.50. The summed E-state index contributed by atoms with van der Waals surface area (Å²) in [6.45, 7) is 0.107. The van der Waals surface area contributed by atoms with Crippen molar-refractivity contribution >= 4 is 22.9 Å². The second-order valence-electron chi connectivity index (χ2n) is 7.90. The molecule has 3 aliphatic rings. The zero-order valence-electron chi connectivity index (χ0n) is 17.2. The Hall–Kier alpha value is -3.40. The molecule has 2 aromatic carbocycles. The molecule has 1 spiro atoms. The molecule has 0 saturated carbocycles. The van der Waals surface area contributed by atoms with Gasteiger partial charge in [0, 0.05) is 23.4 Å². The molecule has 4 heterocycles. The first-order valence-corrected chi connectivity index (χ1v) is 10.9. The summed E-state index contributed by atoms with van der Waals surface area (Å²) in [7, 11) is 1.32. The van der Waals surface area contributed by atoms with E-state index in [0.717, 1.165) is 11.6 Å². The average Bonchev–Trinajstić information content (AvgIpc) is 3.55. The normalized spacial score (nSPS) is 20.2. The van der Waals surface area contributed by atoms with Gasteiger partial charge in [-0.2, -0.15) is 13.2 Å². The number of carbonyl (C=O) groups is 1. The van der Waals surface area contributed by atoms with Crippen molar-refractivity contribution < 1.29 is 36.9 Å². The first-order valence-electron chi connectivity index (χ1n) is 10.1. The molecule has 170 valence electrons. The molecule has 3 aromatic rings. The van der Waals surface area contributed by atoms with Crippen molar-refractivity contribution in [2.24, 2.45) is 0 Å². The lowest BCUT2D eigenvalue weighted by atomic mass is 9.77. The predicted octanol–water partition coefficient (Wildman–Crippen LogP) is 4.73. The average molecular weight is 475 g/mol. The Morgan fingerprint density at radius 1 is 1.06 bits per heavy atom. The molecule has 0 saturated heterocycles. The van der Waals surface area contributed by atoms with Crippen LogP contribution in [0.5, 0.6) is 23.0 Å². The molecular weight excluding hydrogens is 459 g/mol. The summed E-state index contributed by atoms with van der Waals surface area (Å²) in [5, 5.41) is 0. The number of para-hydroxylation sites is 1. The molecule has 6 rings (SSSR count). The quantitative estimate of drug-likeness (QED) is 0.548. The number of amides is 1. The van der Waals surface area contributed by atoms with Crippen LogP contribution in [0.4, 0.5) is 18.9 Å². The molecule has 0 N–H and O–H groups in total. The molecule has 1 aromatic heterocycles. The van der Waals surface area contributed by atoms with E-state index in [1.165, 1.54) is 12.0 Å². The summed E-state index contributed by atoms with van der Waals surface area (Å²) >= 11 is 0.576. The zero-order chi connectivity index (χ0) is 23.0. The van der Waals surface area contributed by atoms with Crippen molar-refractivity contribution in [2.45, 2.75) is 18.1 Å². The van der Waals surface area contributed by atoms with E-state index in [-0.39, 0.29) is 31.6 Å². The van der Waals surface area contributed by atoms with Gasteiger partial charge in [0.2, 0.25) is 12.7 Å². The molecule has 0 aliphatic carbocycles. The maximum atomic E-state index is 14.0. The number of halogens is 3. The minimum Gasteiger partial charge on any atom is -0.496 e. The van der Waals surface area contributed by atoms with Crippen LogP contribution >= 0.6 is 11.3 Å². The van der Waals surface area contributed by atoms with Crippen LogP contribution in [0.2, 0.25) is 0 Å². The van der Waals surface area contributed by atoms with Gasteiger partial charge in [0.05, 0.1) is 18.5 Å². The Morgan fingerprint density at radius 2 is 1.82 bits per heavy atom. The van der Waals surface area contributed by atoms with E-state index in [2.05, 4.69) is 0 Å². The van der Waals surface area contributed by atoms with Crippen molar-refractivity contribution in [1.29, 1.82) is 0 Å². The Morgan fingerprint density at radius 3 is 2.58 bits per heavy atom. The van der Waals surface area contributed by atoms with Gasteiger partial charge >= 0.3 is 6.18 Å². The number of rotatable bonds is 3. The molecule has 1 unspecified atom stereocenters. The van der Waals surface area contributed by atoms with Gasteiger partial charge in [-0.15, -0.1) is 11.3 Å². The smallest absolute Gasteiger partial charge is 0.425 e. The van der Waals surface area contributed by atoms with Crippen molar-refractivity contribution in [2.75, 3.05) is 25.4 Å². The van der Waals surface area contributed by atoms with Gasteiger partial charge in [-0.3, -0.25) is 4.79 Å². The first kappa shape index (κ1) is 20.2. The van der Waals surface area contributed by atoms with Crippen LogP contribution in [0.3, 0.4) is 0 Å². The van der Waals surface area contributed by atoms with Gasteiger partial charge < -0.3 is 23.8 Å². The fourth-order valence-corrected chi connectivity index (χ4v) is 5.68. The van der Waals surface area contributed by atoms with E-state index in [0.29, 0.717) is 44.7 Å². The molecule has 33 heavy (non-hydrogen) atoms. The van der Waals surface area contributed by atoms with Gasteiger partial charge in [0.25, 0.3) is 0 Å². The lowest BCUT2D eigenvalue weighted by Gasteiger charge is -2.23. The van der Waals surface area contributed by atoms with Crippen LogP contribution in [0, 0.1) is 0 Å². The van der Waals surface area contributed by atoms with Crippen LogP contribution in [0.1, 0.15) is 20.9 Å². The number of alkyl halides is 3. The molecule has 3 aliphatic heterocycles. The fraction of sp³-hybridized carbons (Fsp3) is 0.261. The lowest BCUT2D eigenvalue weighted by molar-refractivity contribution is -0.134. The van der Waals surface area contributed by atoms with Crippen LogP contribution < -0.4 is 23.8 Å². The van der Waals surface area contributed by atoms with E-state index in [1.54, 1.807) is 24.3 Å². The molecule has 0 radical (unpaired) electrons. The van der Waals surface area contributed by atoms with Crippen molar-refractivity contribution in [3.05, 3.63) is 63.3 Å². The molecule has 0 bridgehead atoms. The van der Waals surface area contributed by atoms with E-state index >= 15 is 0 Å². The Labute approximate surface area is 190 Å². The number of anilines is 1. The first-order chi connectivity index (χ1) is 15.8. The number of hydrogen-bond donors (Lipinski definition) is 0. The number of carbonyl (C=O) groups excluding carboxylic acids is 1. The van der Waals surface area contributed by atoms with E-state index in [1.807, 2.05) is 12.1 Å². The number of methoxy groups -OCH3 is 1. The second-order valence-corrected chi connectivity index (χ2v) is 9.04. The van der Waals surface area contributed by atoms with Crippen LogP contribution in [-0.4, -0.2) is 26.4 Å². The summed E-state index contributed by atoms with van der Waals surface area (Å²) in [5.41, 5.74) is 0.894. The number of fused-ring (bicyclic) bond motifs is 5. The Kier molecular flexibility index (Phi) is 4.17. The topological polar surface area (TPSA) is 57.2 Å². The summed E-state index contributed by atoms with van der Waals surface area (Å²) in [6, 6.07) is 11.7. The highest BCUT2D eigenvalue weighted by atomic mass is 32.1. The zero-order valence-corrected chi connectivity index (χ0v) is 18.0. The standard InChI is InChI=1S/C23H16F3NO5S/c1-29-18-8-20(23(24,25)26)33-19(18)9-27-14-5-3-2-4-12(14)22(21(27)28)10-30-15-7-17-16(6-13(15)22)31-11-32-17/h2-8H,9-11H2,1H3. The Balaban J connectivity index is 1.46. The SMILES string of the molecule is COc1cc(C(F)(F)F)sc1CN1C(=O)C2(COc3cc4c(cc32)OCO4)c2ccccc21. The third-order valence-electron chi connectivity index (χ3n) is 6.21. The number of benzene rings is 2. The van der Waals surface area contributed by atoms with Gasteiger partial charge in [0.15, 0.2) is 11.5 Å². The highest BCUT2D eigenvalue weighted by Crippen LogP contribution is 2.55. The third-order valence-corrected chi connectivity index (χ3v) is 7.36. The molecule has 1 atom stereocenters. The molecule has 6 nitrogen and oxygen atoms in total. The van der Waals surface area contributed by atoms with Crippen molar-refractivity contribution in [1.82, 2.24) is 0 Å². The molecule has 0 fully saturated rings. The number of thiophene rings is 1. The maximum Gasteiger partial charge on any atom is 0.425 e. The third kappa shape index (κ3) is 2.76. The largest absolute Gasteiger partial charge is 0.496 e. The number of hydrogen-bond acceptors (Lipinski definition) is 6. The van der Waals surface area contributed by atoms with Crippen molar-refractivity contribution in [3.8, 4) is 23.0 Å². The highest BCUT2D eigenvalue weighted by molar-refractivity contribution is 7.12. The van der Waals surface area contributed by atoms with Gasteiger partial charge in [-0.1, -0.05) is 18.2 Å². The maximum absolute atomic E-state index is 14.0. The van der Waals surface area contributed by atoms with E-state index in [9.17, 15) is 18.0 Å². The van der Waals surface area contributed by atoms with Crippen LogP contribution in [0.15, 0.2) is 42.5 Å². The van der Waals surface area contributed by atoms with Gasteiger partial charge in [-0.05, 0) is 17.7 Å². The van der Waals surface area contributed by atoms with Crippen molar-refractivity contribution in [3.63, 3.8) is 0 Å². The molecule has 10 heteroatoms. The predicted molar refractivity (Wildman–Crippen MR) is 112 cm³/mol. The minimum atomic E-state index is -4.50. The van der Waals surface area contributed by atoms with Gasteiger partial charge in [-0.25, -0.2) is 0 Å². The number of nitrogens with zero attached hydrogens (tertiary/aromatic N) is 1. The Bertz CT molecular complexity index is 1300. The van der Waals surface area contributed by atoms with Gasteiger partial charge in [0.1, 0.15) is 28.4 Å². The summed E-state index contributed by atoms with van der Waals surface area (Å²) in [4.78, 5) is 15.0. The minimum absolute atomic E-state index is 0.0542. The molecular formula is C23H16F3NO5S. The van der Waals surface area contributed by atoms with Crippen LogP contribution in [0.25, 0.3) is 0 Å². The second kappa shape index (κ2) is 6.80. The number of ether oxygens (including phenoxy) is 4. The lowest BCUT2D eigenvalue weighted by Crippen LogP contribution is -2.42. The van der Waals surface area contributed by atoms with E-state index < -0.39 is 16.5 Å². The van der Waals surface area contributed by atoms with Crippen LogP contribution in [-0.2, 0) is 22.9 Å². The highest BCUT2D eigenvalue weighted by Gasteiger charge is 2.57. The monoisotopic (exact) mass is 475 g/mol. The summed E-state index contributed by atoms with van der Waals surface area (Å²) in [5.74, 6) is 1.43. The fourth-order valence-electron chi connectivity index (χ4n) is 4.70.